The van der Waals surface area contributed by atoms with Gasteiger partial charge in [-0.05, 0) is 29.8 Å². The Morgan fingerprint density at radius 1 is 1.00 bits per heavy atom. The summed E-state index contributed by atoms with van der Waals surface area (Å²) in [4.78, 5) is 11.6. The molecule has 0 bridgehead atoms. The molecular weight excluding hydrogens is 319 g/mol. The molecule has 0 radical (unpaired) electrons. The van der Waals surface area contributed by atoms with Crippen LogP contribution in [0.25, 0.3) is 0 Å². The van der Waals surface area contributed by atoms with Gasteiger partial charge in [0.25, 0.3) is 0 Å². The van der Waals surface area contributed by atoms with Crippen LogP contribution in [0.15, 0.2) is 42.5 Å². The number of hydrogen-bond donors (Lipinski definition) is 1. The Labute approximate surface area is 137 Å². The zero-order valence-electron chi connectivity index (χ0n) is 12.6. The number of benzene rings is 2. The van der Waals surface area contributed by atoms with Crippen LogP contribution in [0.2, 0.25) is 0 Å². The van der Waals surface area contributed by atoms with E-state index in [1.807, 2.05) is 0 Å². The first-order chi connectivity index (χ1) is 11.5. The Morgan fingerprint density at radius 3 is 2.42 bits per heavy atom. The van der Waals surface area contributed by atoms with Crippen LogP contribution in [0.3, 0.4) is 0 Å². The van der Waals surface area contributed by atoms with Gasteiger partial charge in [0, 0.05) is 6.07 Å². The van der Waals surface area contributed by atoms with Crippen LogP contribution in [0, 0.1) is 29.3 Å². The number of carbonyl (C=O) groups is 1. The van der Waals surface area contributed by atoms with Crippen molar-refractivity contribution in [1.82, 2.24) is 5.32 Å². The zero-order chi connectivity index (χ0) is 17.4. The van der Waals surface area contributed by atoms with Crippen LogP contribution < -0.4 is 10.1 Å². The summed E-state index contributed by atoms with van der Waals surface area (Å²) >= 11 is 0. The molecule has 0 spiro atoms. The second kappa shape index (κ2) is 8.63. The van der Waals surface area contributed by atoms with Crippen molar-refractivity contribution in [1.29, 1.82) is 0 Å². The van der Waals surface area contributed by atoms with E-state index < -0.39 is 11.6 Å². The third-order valence-corrected chi connectivity index (χ3v) is 2.97. The lowest BCUT2D eigenvalue weighted by molar-refractivity contribution is -0.120. The minimum atomic E-state index is -0.801. The van der Waals surface area contributed by atoms with Gasteiger partial charge in [0.2, 0.25) is 5.91 Å². The van der Waals surface area contributed by atoms with Crippen LogP contribution in [0.5, 0.6) is 5.75 Å². The minimum absolute atomic E-state index is 0.0869. The number of nitrogens with one attached hydrogen (secondary N) is 1. The van der Waals surface area contributed by atoms with Crippen molar-refractivity contribution in [3.63, 3.8) is 0 Å². The normalized spacial score (nSPS) is 9.79. The van der Waals surface area contributed by atoms with Crippen molar-refractivity contribution in [3.8, 4) is 17.6 Å². The zero-order valence-corrected chi connectivity index (χ0v) is 12.6. The molecule has 1 N–H and O–H groups in total. The molecule has 124 valence electrons. The van der Waals surface area contributed by atoms with Gasteiger partial charge < -0.3 is 10.1 Å². The van der Waals surface area contributed by atoms with Crippen molar-refractivity contribution >= 4 is 5.91 Å². The molecule has 0 unspecified atom stereocenters. The lowest BCUT2D eigenvalue weighted by Gasteiger charge is -2.03. The van der Waals surface area contributed by atoms with Gasteiger partial charge in [-0.2, -0.15) is 0 Å². The fraction of sp³-hybridized carbons (Fsp3) is 0.167. The topological polar surface area (TPSA) is 38.3 Å². The maximum Gasteiger partial charge on any atom is 0.225 e. The standard InChI is InChI=1S/C18H14F3NO2/c19-14-5-3-13(4-6-14)11-18(23)22-9-1-2-10-24-17-8-7-15(20)12-16(17)21/h3-8,12H,9-11H2,(H,22,23). The molecule has 0 aliphatic carbocycles. The molecule has 0 aliphatic rings. The van der Waals surface area contributed by atoms with Crippen LogP contribution in [-0.2, 0) is 11.2 Å². The first-order valence-corrected chi connectivity index (χ1v) is 7.09. The van der Waals surface area contributed by atoms with Gasteiger partial charge in [-0.1, -0.05) is 24.0 Å². The number of amides is 1. The van der Waals surface area contributed by atoms with E-state index in [9.17, 15) is 18.0 Å². The summed E-state index contributed by atoms with van der Waals surface area (Å²) in [6, 6.07) is 8.62. The molecule has 0 saturated carbocycles. The number of halogens is 3. The van der Waals surface area contributed by atoms with Gasteiger partial charge >= 0.3 is 0 Å². The first kappa shape index (κ1) is 17.4. The molecule has 0 aromatic heterocycles. The number of hydrogen-bond acceptors (Lipinski definition) is 2. The molecular formula is C18H14F3NO2. The number of ether oxygens (including phenoxy) is 1. The highest BCUT2D eigenvalue weighted by Gasteiger charge is 2.04. The van der Waals surface area contributed by atoms with E-state index in [1.165, 1.54) is 30.3 Å². The van der Waals surface area contributed by atoms with Gasteiger partial charge in [0.15, 0.2) is 11.6 Å². The summed E-state index contributed by atoms with van der Waals surface area (Å²) < 4.78 is 43.8. The van der Waals surface area contributed by atoms with E-state index in [4.69, 9.17) is 4.74 Å². The Morgan fingerprint density at radius 2 is 1.71 bits per heavy atom. The fourth-order valence-corrected chi connectivity index (χ4v) is 1.81. The molecule has 2 aromatic rings. The van der Waals surface area contributed by atoms with Crippen molar-refractivity contribution < 1.29 is 22.7 Å². The van der Waals surface area contributed by atoms with E-state index in [0.717, 1.165) is 12.1 Å². The van der Waals surface area contributed by atoms with Crippen LogP contribution in [-0.4, -0.2) is 19.1 Å². The molecule has 0 saturated heterocycles. The molecule has 0 atom stereocenters. The number of carbonyl (C=O) groups excluding carboxylic acids is 1. The predicted octanol–water partition coefficient (Wildman–Crippen LogP) is 2.85. The van der Waals surface area contributed by atoms with E-state index in [-0.39, 0.29) is 37.0 Å². The van der Waals surface area contributed by atoms with Gasteiger partial charge in [-0.15, -0.1) is 0 Å². The second-order valence-electron chi connectivity index (χ2n) is 4.80. The summed E-state index contributed by atoms with van der Waals surface area (Å²) in [5.74, 6) is 3.07. The van der Waals surface area contributed by atoms with E-state index in [2.05, 4.69) is 17.2 Å². The summed E-state index contributed by atoms with van der Waals surface area (Å²) in [5.41, 5.74) is 0.692. The van der Waals surface area contributed by atoms with Crippen molar-refractivity contribution in [2.75, 3.05) is 13.2 Å². The van der Waals surface area contributed by atoms with Crippen LogP contribution >= 0.6 is 0 Å². The Kier molecular flexibility index (Phi) is 6.26. The van der Waals surface area contributed by atoms with Crippen LogP contribution in [0.4, 0.5) is 13.2 Å². The van der Waals surface area contributed by atoms with E-state index >= 15 is 0 Å². The molecule has 6 heteroatoms. The maximum atomic E-state index is 13.3. The molecule has 2 rings (SSSR count). The predicted molar refractivity (Wildman–Crippen MR) is 82.7 cm³/mol. The highest BCUT2D eigenvalue weighted by atomic mass is 19.1. The fourth-order valence-electron chi connectivity index (χ4n) is 1.81. The smallest absolute Gasteiger partial charge is 0.225 e. The van der Waals surface area contributed by atoms with Crippen molar-refractivity contribution in [3.05, 3.63) is 65.5 Å². The van der Waals surface area contributed by atoms with E-state index in [0.29, 0.717) is 5.56 Å². The molecule has 0 aliphatic heterocycles. The molecule has 3 nitrogen and oxygen atoms in total. The van der Waals surface area contributed by atoms with Gasteiger partial charge in [-0.25, -0.2) is 13.2 Å². The third-order valence-electron chi connectivity index (χ3n) is 2.97. The lowest BCUT2D eigenvalue weighted by atomic mass is 10.1. The highest BCUT2D eigenvalue weighted by Crippen LogP contribution is 2.17. The Bertz CT molecular complexity index is 764. The van der Waals surface area contributed by atoms with Gasteiger partial charge in [0.05, 0.1) is 13.0 Å². The first-order valence-electron chi connectivity index (χ1n) is 7.09. The average Bonchev–Trinajstić information content (AvgIpc) is 2.54. The highest BCUT2D eigenvalue weighted by molar-refractivity contribution is 5.78. The average molecular weight is 333 g/mol. The largest absolute Gasteiger partial charge is 0.478 e. The summed E-state index contributed by atoms with van der Waals surface area (Å²) in [6.07, 6.45) is 0.124. The molecule has 1 amide bonds. The molecule has 24 heavy (non-hydrogen) atoms. The lowest BCUT2D eigenvalue weighted by Crippen LogP contribution is -2.25. The van der Waals surface area contributed by atoms with Crippen molar-refractivity contribution in [2.24, 2.45) is 0 Å². The summed E-state index contributed by atoms with van der Waals surface area (Å²) in [7, 11) is 0. The third kappa shape index (κ3) is 5.69. The summed E-state index contributed by atoms with van der Waals surface area (Å²) in [6.45, 7) is 0.0195. The quantitative estimate of drug-likeness (QED) is 0.855. The molecule has 0 fully saturated rings. The van der Waals surface area contributed by atoms with Gasteiger partial charge in [0.1, 0.15) is 18.2 Å². The monoisotopic (exact) mass is 333 g/mol. The minimum Gasteiger partial charge on any atom is -0.478 e. The number of rotatable bonds is 5. The van der Waals surface area contributed by atoms with Crippen LogP contribution in [0.1, 0.15) is 5.56 Å². The Hall–Kier alpha value is -2.94. The second-order valence-corrected chi connectivity index (χ2v) is 4.80. The molecule has 0 heterocycles. The Balaban J connectivity index is 1.69. The summed E-state index contributed by atoms with van der Waals surface area (Å²) in [5, 5.41) is 2.58. The SMILES string of the molecule is O=C(Cc1ccc(F)cc1)NCC#CCOc1ccc(F)cc1F. The van der Waals surface area contributed by atoms with E-state index in [1.54, 1.807) is 0 Å². The maximum absolute atomic E-state index is 13.3. The van der Waals surface area contributed by atoms with Crippen molar-refractivity contribution in [2.45, 2.75) is 6.42 Å². The van der Waals surface area contributed by atoms with Gasteiger partial charge in [-0.3, -0.25) is 4.79 Å². The molecule has 2 aromatic carbocycles.